The standard InChI is InChI=1S/C11H12I2N2O7S2.Na/c1-8(5-13)21-7-15-11-4-10(24(18,19)20)9(6-14-11)22-23(16,17)3-2-12;/h4-7H,2-3H2,1H3,(H,18,19,20);/q;+1/p-1/b8-5+,15-7?;. The maximum Gasteiger partial charge on any atom is 1.00 e. The van der Waals surface area contributed by atoms with E-state index in [0.29, 0.717) is 5.76 Å². The van der Waals surface area contributed by atoms with Gasteiger partial charge in [-0.25, -0.2) is 18.4 Å². The van der Waals surface area contributed by atoms with Crippen LogP contribution in [0.15, 0.2) is 32.0 Å². The molecule has 0 fully saturated rings. The van der Waals surface area contributed by atoms with E-state index in [4.69, 9.17) is 4.74 Å². The molecule has 0 saturated heterocycles. The Hall–Kier alpha value is 0.480. The van der Waals surface area contributed by atoms with Crippen LogP contribution < -0.4 is 33.7 Å². The molecule has 1 aromatic rings. The molecular formula is C11H11I2N2NaO7S2. The first-order valence-electron chi connectivity index (χ1n) is 5.99. The molecule has 0 aliphatic carbocycles. The number of hydrogen-bond donors (Lipinski definition) is 0. The molecule has 0 N–H and O–H groups in total. The fraction of sp³-hybridized carbons (Fsp3) is 0.273. The summed E-state index contributed by atoms with van der Waals surface area (Å²) in [6.45, 7) is 1.66. The molecule has 14 heteroatoms. The van der Waals surface area contributed by atoms with Gasteiger partial charge in [0.15, 0.2) is 18.0 Å². The number of pyridine rings is 1. The van der Waals surface area contributed by atoms with Gasteiger partial charge in [0.1, 0.15) is 20.8 Å². The van der Waals surface area contributed by atoms with Gasteiger partial charge in [-0.1, -0.05) is 22.6 Å². The fourth-order valence-electron chi connectivity index (χ4n) is 1.20. The summed E-state index contributed by atoms with van der Waals surface area (Å²) in [5.41, 5.74) is 0. The van der Waals surface area contributed by atoms with Crippen LogP contribution in [0.25, 0.3) is 0 Å². The summed E-state index contributed by atoms with van der Waals surface area (Å²) in [5, 5.41) is 0. The smallest absolute Gasteiger partial charge is 0.744 e. The van der Waals surface area contributed by atoms with Gasteiger partial charge < -0.3 is 13.5 Å². The van der Waals surface area contributed by atoms with E-state index in [1.807, 2.05) is 45.2 Å². The summed E-state index contributed by atoms with van der Waals surface area (Å²) in [5.74, 6) is -0.648. The third-order valence-electron chi connectivity index (χ3n) is 2.21. The molecule has 1 aromatic heterocycles. The van der Waals surface area contributed by atoms with Crippen LogP contribution in [0.5, 0.6) is 5.75 Å². The SMILES string of the molecule is C/C(=C\I)OC=Nc1cc(S(=O)(=O)[O-])c(OS(=O)(=O)CCI)cn1.[Na+]. The van der Waals surface area contributed by atoms with Crippen molar-refractivity contribution in [2.24, 2.45) is 4.99 Å². The summed E-state index contributed by atoms with van der Waals surface area (Å²) >= 11 is 3.76. The molecule has 25 heavy (non-hydrogen) atoms. The molecule has 0 atom stereocenters. The largest absolute Gasteiger partial charge is 1.00 e. The second-order valence-electron chi connectivity index (χ2n) is 4.05. The molecule has 1 heterocycles. The molecular weight excluding hydrogens is 613 g/mol. The van der Waals surface area contributed by atoms with Crippen molar-refractivity contribution in [3.8, 4) is 5.75 Å². The number of alkyl halides is 1. The maximum absolute atomic E-state index is 11.6. The average molecular weight is 624 g/mol. The van der Waals surface area contributed by atoms with Gasteiger partial charge in [-0.15, -0.1) is 0 Å². The van der Waals surface area contributed by atoms with E-state index in [1.54, 1.807) is 11.0 Å². The maximum atomic E-state index is 11.6. The topological polar surface area (TPSA) is 135 Å². The van der Waals surface area contributed by atoms with Gasteiger partial charge in [0.25, 0.3) is 0 Å². The Morgan fingerprint density at radius 2 is 2.04 bits per heavy atom. The number of aromatic nitrogens is 1. The number of halogens is 2. The van der Waals surface area contributed by atoms with E-state index in [1.165, 1.54) is 0 Å². The summed E-state index contributed by atoms with van der Waals surface area (Å²) < 4.78 is 68.8. The van der Waals surface area contributed by atoms with E-state index in [-0.39, 0.29) is 45.6 Å². The number of ether oxygens (including phenoxy) is 1. The van der Waals surface area contributed by atoms with E-state index in [9.17, 15) is 21.4 Å². The first kappa shape index (κ1) is 25.5. The van der Waals surface area contributed by atoms with Crippen LogP contribution in [0, 0.1) is 0 Å². The zero-order valence-electron chi connectivity index (χ0n) is 13.0. The van der Waals surface area contributed by atoms with E-state index >= 15 is 0 Å². The number of rotatable bonds is 8. The Labute approximate surface area is 195 Å². The molecule has 0 aromatic carbocycles. The van der Waals surface area contributed by atoms with Crippen LogP contribution in [-0.4, -0.2) is 43.0 Å². The van der Waals surface area contributed by atoms with Gasteiger partial charge in [0, 0.05) is 14.6 Å². The van der Waals surface area contributed by atoms with Gasteiger partial charge in [-0.05, 0) is 29.5 Å². The molecule has 1 rings (SSSR count). The van der Waals surface area contributed by atoms with Crippen LogP contribution in [-0.2, 0) is 25.0 Å². The average Bonchev–Trinajstić information content (AvgIpc) is 2.46. The number of hydrogen-bond acceptors (Lipinski definition) is 9. The summed E-state index contributed by atoms with van der Waals surface area (Å²) in [7, 11) is -9.03. The van der Waals surface area contributed by atoms with E-state index < -0.39 is 30.9 Å². The fourth-order valence-corrected chi connectivity index (χ4v) is 4.29. The minimum absolute atomic E-state index is 0. The molecule has 0 aliphatic rings. The van der Waals surface area contributed by atoms with Crippen molar-refractivity contribution in [3.63, 3.8) is 0 Å². The van der Waals surface area contributed by atoms with Gasteiger partial charge in [0.05, 0.1) is 11.9 Å². The predicted octanol–water partition coefficient (Wildman–Crippen LogP) is -0.894. The molecule has 0 amide bonds. The van der Waals surface area contributed by atoms with Gasteiger partial charge in [-0.3, -0.25) is 0 Å². The van der Waals surface area contributed by atoms with Crippen LogP contribution in [0.3, 0.4) is 0 Å². The van der Waals surface area contributed by atoms with Crippen LogP contribution in [0.2, 0.25) is 0 Å². The molecule has 0 bridgehead atoms. The van der Waals surface area contributed by atoms with Gasteiger partial charge in [0.2, 0.25) is 0 Å². The minimum atomic E-state index is -5.00. The third kappa shape index (κ3) is 9.30. The summed E-state index contributed by atoms with van der Waals surface area (Å²) in [6.07, 6.45) is 1.81. The zero-order chi connectivity index (χ0) is 18.4. The molecule has 0 saturated carbocycles. The third-order valence-corrected chi connectivity index (χ3v) is 6.35. The zero-order valence-corrected chi connectivity index (χ0v) is 21.0. The molecule has 9 nitrogen and oxygen atoms in total. The van der Waals surface area contributed by atoms with Crippen molar-refractivity contribution >= 4 is 77.6 Å². The molecule has 134 valence electrons. The van der Waals surface area contributed by atoms with Crippen molar-refractivity contribution in [2.75, 3.05) is 10.2 Å². The molecule has 0 spiro atoms. The van der Waals surface area contributed by atoms with Crippen LogP contribution >= 0.6 is 45.2 Å². The Morgan fingerprint density at radius 3 is 2.56 bits per heavy atom. The summed E-state index contributed by atoms with van der Waals surface area (Å²) in [6, 6.07) is 0.806. The number of allylic oxidation sites excluding steroid dienone is 1. The molecule has 0 unspecified atom stereocenters. The normalized spacial score (nSPS) is 12.7. The Kier molecular flexibility index (Phi) is 11.6. The van der Waals surface area contributed by atoms with Crippen LogP contribution in [0.4, 0.5) is 5.82 Å². The van der Waals surface area contributed by atoms with Crippen molar-refractivity contribution in [1.82, 2.24) is 4.98 Å². The molecule has 0 radical (unpaired) electrons. The Morgan fingerprint density at radius 1 is 1.40 bits per heavy atom. The monoisotopic (exact) mass is 624 g/mol. The Bertz CT molecular complexity index is 857. The second kappa shape index (κ2) is 11.4. The first-order valence-corrected chi connectivity index (χ1v) is 11.7. The minimum Gasteiger partial charge on any atom is -0.744 e. The predicted molar refractivity (Wildman–Crippen MR) is 103 cm³/mol. The first-order chi connectivity index (χ1) is 11.1. The van der Waals surface area contributed by atoms with Crippen molar-refractivity contribution in [2.45, 2.75) is 11.8 Å². The number of nitrogens with zero attached hydrogens (tertiary/aromatic N) is 2. The second-order valence-corrected chi connectivity index (χ2v) is 8.79. The van der Waals surface area contributed by atoms with Crippen molar-refractivity contribution < 1.29 is 59.9 Å². The van der Waals surface area contributed by atoms with Crippen molar-refractivity contribution in [3.05, 3.63) is 22.1 Å². The van der Waals surface area contributed by atoms with Crippen molar-refractivity contribution in [1.29, 1.82) is 0 Å². The number of aliphatic imine (C=N–C) groups is 1. The van der Waals surface area contributed by atoms with Gasteiger partial charge >= 0.3 is 39.7 Å². The quantitative estimate of drug-likeness (QED) is 0.0532. The van der Waals surface area contributed by atoms with Gasteiger partial charge in [-0.2, -0.15) is 8.42 Å². The van der Waals surface area contributed by atoms with E-state index in [0.717, 1.165) is 18.7 Å². The van der Waals surface area contributed by atoms with E-state index in [2.05, 4.69) is 14.2 Å². The Balaban J connectivity index is 0.00000576. The van der Waals surface area contributed by atoms with Crippen LogP contribution in [0.1, 0.15) is 6.92 Å². The molecule has 0 aliphatic heterocycles. The summed E-state index contributed by atoms with van der Waals surface area (Å²) in [4.78, 5) is 6.58.